The van der Waals surface area contributed by atoms with Gasteiger partial charge in [0.2, 0.25) is 0 Å². The van der Waals surface area contributed by atoms with Crippen molar-refractivity contribution in [2.24, 2.45) is 16.6 Å². The molecule has 5 heteroatoms. The molecule has 0 spiro atoms. The average molecular weight is 480 g/mol. The molecule has 5 rings (SSSR count). The molecule has 0 saturated heterocycles. The summed E-state index contributed by atoms with van der Waals surface area (Å²) in [6.45, 7) is 0.305. The van der Waals surface area contributed by atoms with E-state index in [0.717, 1.165) is 34.6 Å². The highest BCUT2D eigenvalue weighted by Gasteiger charge is 2.50. The molecular formula is C31H33N3O2. The molecule has 0 unspecified atom stereocenters. The maximum Gasteiger partial charge on any atom is 0.266 e. The van der Waals surface area contributed by atoms with E-state index >= 15 is 0 Å². The third kappa shape index (κ3) is 4.83. The number of guanidine groups is 1. The van der Waals surface area contributed by atoms with Gasteiger partial charge in [-0.3, -0.25) is 14.5 Å². The van der Waals surface area contributed by atoms with Crippen molar-refractivity contribution >= 4 is 17.6 Å². The van der Waals surface area contributed by atoms with Crippen LogP contribution in [0.15, 0.2) is 89.9 Å². The van der Waals surface area contributed by atoms with Crippen molar-refractivity contribution in [2.45, 2.75) is 57.0 Å². The molecule has 1 saturated carbocycles. The van der Waals surface area contributed by atoms with Crippen LogP contribution in [0.4, 0.5) is 0 Å². The number of hydrogen-bond donors (Lipinski definition) is 1. The minimum atomic E-state index is -1.21. The van der Waals surface area contributed by atoms with E-state index in [2.05, 4.69) is 0 Å². The van der Waals surface area contributed by atoms with Crippen LogP contribution in [0.1, 0.15) is 60.8 Å². The summed E-state index contributed by atoms with van der Waals surface area (Å²) in [5.41, 5.74) is 8.66. The molecule has 0 aromatic heterocycles. The zero-order chi connectivity index (χ0) is 25.0. The lowest BCUT2D eigenvalue weighted by Gasteiger charge is -2.27. The predicted molar refractivity (Wildman–Crippen MR) is 142 cm³/mol. The number of aliphatic imine (C=N–C) groups is 1. The quantitative estimate of drug-likeness (QED) is 0.448. The number of amides is 1. The van der Waals surface area contributed by atoms with Crippen LogP contribution in [0.3, 0.4) is 0 Å². The van der Waals surface area contributed by atoms with Gasteiger partial charge >= 0.3 is 0 Å². The number of hydrogen-bond acceptors (Lipinski definition) is 4. The maximum absolute atomic E-state index is 14.0. The van der Waals surface area contributed by atoms with E-state index in [1.807, 2.05) is 84.9 Å². The third-order valence-corrected chi connectivity index (χ3v) is 7.54. The Bertz CT molecular complexity index is 1210. The van der Waals surface area contributed by atoms with Crippen molar-refractivity contribution in [3.63, 3.8) is 0 Å². The fourth-order valence-electron chi connectivity index (χ4n) is 5.63. The first-order chi connectivity index (χ1) is 17.6. The number of rotatable bonds is 9. The van der Waals surface area contributed by atoms with E-state index in [-0.39, 0.29) is 17.6 Å². The first kappa shape index (κ1) is 24.0. The SMILES string of the molecule is NC1=NC(c2ccccc2)(c2ccccc2)C(=O)N1Cc1cccc(CC(=O)CCC2CCCC2)c1. The van der Waals surface area contributed by atoms with Crippen LogP contribution in [-0.2, 0) is 28.1 Å². The van der Waals surface area contributed by atoms with E-state index in [1.54, 1.807) is 4.90 Å². The molecule has 5 nitrogen and oxygen atoms in total. The van der Waals surface area contributed by atoms with E-state index in [0.29, 0.717) is 19.4 Å². The molecule has 0 atom stereocenters. The summed E-state index contributed by atoms with van der Waals surface area (Å²) in [6.07, 6.45) is 7.23. The molecule has 0 bridgehead atoms. The van der Waals surface area contributed by atoms with Gasteiger partial charge in [-0.25, -0.2) is 4.99 Å². The molecule has 1 heterocycles. The van der Waals surface area contributed by atoms with E-state index in [1.165, 1.54) is 25.7 Å². The zero-order valence-electron chi connectivity index (χ0n) is 20.6. The summed E-state index contributed by atoms with van der Waals surface area (Å²) in [4.78, 5) is 32.9. The molecule has 3 aromatic carbocycles. The van der Waals surface area contributed by atoms with Gasteiger partial charge in [-0.2, -0.15) is 0 Å². The number of nitrogens with two attached hydrogens (primary N) is 1. The second kappa shape index (κ2) is 10.5. The third-order valence-electron chi connectivity index (χ3n) is 7.54. The highest BCUT2D eigenvalue weighted by molar-refractivity contribution is 6.09. The lowest BCUT2D eigenvalue weighted by molar-refractivity contribution is -0.130. The molecule has 1 amide bonds. The highest BCUT2D eigenvalue weighted by Crippen LogP contribution is 2.40. The van der Waals surface area contributed by atoms with E-state index in [4.69, 9.17) is 10.7 Å². The van der Waals surface area contributed by atoms with E-state index < -0.39 is 5.54 Å². The van der Waals surface area contributed by atoms with Gasteiger partial charge in [-0.15, -0.1) is 0 Å². The number of ketones is 1. The largest absolute Gasteiger partial charge is 0.369 e. The van der Waals surface area contributed by atoms with Crippen LogP contribution in [0.5, 0.6) is 0 Å². The molecule has 184 valence electrons. The van der Waals surface area contributed by atoms with Gasteiger partial charge in [-0.05, 0) is 34.6 Å². The number of benzene rings is 3. The van der Waals surface area contributed by atoms with Gasteiger partial charge in [-0.1, -0.05) is 111 Å². The Hall–Kier alpha value is -3.73. The number of Topliss-reactive ketones (excluding diaryl/α,β-unsaturated/α-hetero) is 1. The highest BCUT2D eigenvalue weighted by atomic mass is 16.2. The monoisotopic (exact) mass is 479 g/mol. The summed E-state index contributed by atoms with van der Waals surface area (Å²) >= 11 is 0. The van der Waals surface area contributed by atoms with Crippen molar-refractivity contribution in [1.82, 2.24) is 4.90 Å². The topological polar surface area (TPSA) is 75.8 Å². The van der Waals surface area contributed by atoms with Crippen LogP contribution in [-0.4, -0.2) is 22.5 Å². The summed E-state index contributed by atoms with van der Waals surface area (Å²) in [5.74, 6) is 1.03. The lowest BCUT2D eigenvalue weighted by Crippen LogP contribution is -2.43. The Morgan fingerprint density at radius 1 is 0.889 bits per heavy atom. The van der Waals surface area contributed by atoms with Crippen molar-refractivity contribution in [3.05, 3.63) is 107 Å². The van der Waals surface area contributed by atoms with Gasteiger partial charge in [0.25, 0.3) is 5.91 Å². The first-order valence-corrected chi connectivity index (χ1v) is 12.9. The number of carbonyl (C=O) groups excluding carboxylic acids is 2. The van der Waals surface area contributed by atoms with Crippen molar-refractivity contribution < 1.29 is 9.59 Å². The lowest BCUT2D eigenvalue weighted by atomic mass is 9.83. The Labute approximate surface area is 213 Å². The maximum atomic E-state index is 14.0. The Morgan fingerprint density at radius 3 is 2.14 bits per heavy atom. The van der Waals surface area contributed by atoms with Crippen LogP contribution >= 0.6 is 0 Å². The standard InChI is InChI=1S/C31H33N3O2/c32-30-33-31(26-14-3-1-4-15-26,27-16-5-2-6-17-27)29(36)34(30)22-25-13-9-12-24(20-25)21-28(35)19-18-23-10-7-8-11-23/h1-6,9,12-17,20,23H,7-8,10-11,18-19,21-22H2,(H2,32,33). The Balaban J connectivity index is 1.34. The van der Waals surface area contributed by atoms with Gasteiger partial charge in [0, 0.05) is 12.8 Å². The van der Waals surface area contributed by atoms with Crippen LogP contribution < -0.4 is 5.73 Å². The zero-order valence-corrected chi connectivity index (χ0v) is 20.6. The predicted octanol–water partition coefficient (Wildman–Crippen LogP) is 5.37. The Kier molecular flexibility index (Phi) is 6.99. The molecular weight excluding hydrogens is 446 g/mol. The second-order valence-electron chi connectivity index (χ2n) is 10.0. The van der Waals surface area contributed by atoms with Gasteiger partial charge in [0.05, 0.1) is 6.54 Å². The molecule has 2 N–H and O–H groups in total. The van der Waals surface area contributed by atoms with Crippen molar-refractivity contribution in [2.75, 3.05) is 0 Å². The van der Waals surface area contributed by atoms with Crippen molar-refractivity contribution in [3.8, 4) is 0 Å². The van der Waals surface area contributed by atoms with Crippen LogP contribution in [0, 0.1) is 5.92 Å². The minimum absolute atomic E-state index is 0.171. The smallest absolute Gasteiger partial charge is 0.266 e. The second-order valence-corrected chi connectivity index (χ2v) is 10.0. The molecule has 1 aliphatic heterocycles. The molecule has 0 radical (unpaired) electrons. The van der Waals surface area contributed by atoms with Gasteiger partial charge < -0.3 is 5.73 Å². The normalized spacial score (nSPS) is 17.4. The summed E-state index contributed by atoms with van der Waals surface area (Å²) < 4.78 is 0. The molecule has 36 heavy (non-hydrogen) atoms. The van der Waals surface area contributed by atoms with Crippen LogP contribution in [0.2, 0.25) is 0 Å². The molecule has 2 aliphatic rings. The minimum Gasteiger partial charge on any atom is -0.369 e. The molecule has 3 aromatic rings. The Morgan fingerprint density at radius 2 is 1.50 bits per heavy atom. The van der Waals surface area contributed by atoms with Gasteiger partial charge in [0.15, 0.2) is 11.5 Å². The molecule has 1 fully saturated rings. The summed E-state index contributed by atoms with van der Waals surface area (Å²) in [5, 5.41) is 0. The van der Waals surface area contributed by atoms with Crippen molar-refractivity contribution in [1.29, 1.82) is 0 Å². The average Bonchev–Trinajstić information content (AvgIpc) is 3.52. The number of nitrogens with zero attached hydrogens (tertiary/aromatic N) is 2. The fourth-order valence-corrected chi connectivity index (χ4v) is 5.63. The fraction of sp³-hybridized carbons (Fsp3) is 0.323. The number of carbonyl (C=O) groups is 2. The molecule has 1 aliphatic carbocycles. The summed E-state index contributed by atoms with van der Waals surface area (Å²) in [7, 11) is 0. The van der Waals surface area contributed by atoms with E-state index in [9.17, 15) is 9.59 Å². The van der Waals surface area contributed by atoms with Gasteiger partial charge in [0.1, 0.15) is 5.78 Å². The summed E-state index contributed by atoms with van der Waals surface area (Å²) in [6, 6.07) is 27.1. The van der Waals surface area contributed by atoms with Crippen LogP contribution in [0.25, 0.3) is 0 Å². The first-order valence-electron chi connectivity index (χ1n) is 12.9.